The molecular weight excluding hydrogens is 373 g/mol. The average molecular weight is 387 g/mol. The maximum atomic E-state index is 13.2. The Hall–Kier alpha value is -0.830. The highest BCUT2D eigenvalue weighted by atomic mass is 79.9. The number of halogens is 4. The largest absolute Gasteiger partial charge is 0.466 e. The smallest absolute Gasteiger partial charge is 0.394 e. The molecule has 2 rings (SSSR count). The van der Waals surface area contributed by atoms with E-state index in [1.165, 1.54) is 11.3 Å². The van der Waals surface area contributed by atoms with Crippen molar-refractivity contribution < 1.29 is 22.7 Å². The van der Waals surface area contributed by atoms with Crippen molar-refractivity contribution in [3.63, 3.8) is 0 Å². The quantitative estimate of drug-likeness (QED) is 0.745. The number of carbonyl (C=O) groups excluding carboxylic acids is 1. The van der Waals surface area contributed by atoms with Crippen molar-refractivity contribution in [3.8, 4) is 0 Å². The lowest BCUT2D eigenvalue weighted by atomic mass is 9.85. The molecule has 0 spiro atoms. The van der Waals surface area contributed by atoms with Gasteiger partial charge in [-0.2, -0.15) is 13.2 Å². The van der Waals surface area contributed by atoms with Gasteiger partial charge < -0.3 is 9.64 Å². The molecule has 2 heterocycles. The molecule has 1 aliphatic heterocycles. The van der Waals surface area contributed by atoms with E-state index in [0.717, 1.165) is 0 Å². The molecule has 2 atom stereocenters. The average Bonchev–Trinajstić information content (AvgIpc) is 2.84. The Kier molecular flexibility index (Phi) is 5.13. The van der Waals surface area contributed by atoms with Crippen molar-refractivity contribution in [3.05, 3.63) is 9.98 Å². The number of piperidine rings is 1. The number of hydrogen-bond donors (Lipinski definition) is 0. The second-order valence-corrected chi connectivity index (χ2v) is 6.34. The number of thiazole rings is 1. The lowest BCUT2D eigenvalue weighted by Gasteiger charge is -2.38. The van der Waals surface area contributed by atoms with Crippen molar-refractivity contribution in [1.29, 1.82) is 0 Å². The van der Waals surface area contributed by atoms with E-state index in [9.17, 15) is 18.0 Å². The molecule has 1 fully saturated rings. The molecule has 0 N–H and O–H groups in total. The molecule has 1 aromatic heterocycles. The Bertz CT molecular complexity index is 509. The molecule has 0 unspecified atom stereocenters. The summed E-state index contributed by atoms with van der Waals surface area (Å²) in [6, 6.07) is 0. The minimum Gasteiger partial charge on any atom is -0.466 e. The van der Waals surface area contributed by atoms with E-state index in [1.54, 1.807) is 17.2 Å². The molecule has 0 radical (unpaired) electrons. The molecule has 1 saturated heterocycles. The minimum absolute atomic E-state index is 0.0864. The van der Waals surface area contributed by atoms with Crippen LogP contribution in [0, 0.1) is 11.8 Å². The van der Waals surface area contributed by atoms with Gasteiger partial charge in [0.25, 0.3) is 0 Å². The molecule has 9 heteroatoms. The summed E-state index contributed by atoms with van der Waals surface area (Å²) in [5.74, 6) is -3.63. The van der Waals surface area contributed by atoms with Crippen LogP contribution in [0.3, 0.4) is 0 Å². The van der Waals surface area contributed by atoms with E-state index in [4.69, 9.17) is 4.74 Å². The second kappa shape index (κ2) is 6.51. The van der Waals surface area contributed by atoms with E-state index in [0.29, 0.717) is 16.3 Å². The summed E-state index contributed by atoms with van der Waals surface area (Å²) < 4.78 is 45.0. The van der Waals surface area contributed by atoms with Crippen LogP contribution in [0.2, 0.25) is 0 Å². The first-order chi connectivity index (χ1) is 9.82. The molecule has 0 aliphatic carbocycles. The van der Waals surface area contributed by atoms with Gasteiger partial charge in [-0.15, -0.1) is 11.3 Å². The number of carbonyl (C=O) groups is 1. The molecule has 0 aromatic carbocycles. The predicted molar refractivity (Wildman–Crippen MR) is 76.3 cm³/mol. The van der Waals surface area contributed by atoms with Crippen molar-refractivity contribution in [1.82, 2.24) is 4.98 Å². The van der Waals surface area contributed by atoms with Crippen LogP contribution in [-0.4, -0.2) is 36.8 Å². The van der Waals surface area contributed by atoms with E-state index >= 15 is 0 Å². The Balaban J connectivity index is 2.17. The first kappa shape index (κ1) is 16.5. The normalized spacial score (nSPS) is 23.2. The molecule has 1 aliphatic rings. The van der Waals surface area contributed by atoms with Gasteiger partial charge in [-0.1, -0.05) is 0 Å². The number of alkyl halides is 3. The SMILES string of the molecule is CCOC(=O)[C@H]1CCN(c2nc(Br)cs2)C[C@H]1C(F)(F)F. The predicted octanol–water partition coefficient (Wildman–Crippen LogP) is 3.47. The highest BCUT2D eigenvalue weighted by Gasteiger charge is 2.50. The molecular formula is C12H14BrF3N2O2S. The van der Waals surface area contributed by atoms with E-state index < -0.39 is 24.0 Å². The van der Waals surface area contributed by atoms with Crippen molar-refractivity contribution in [2.45, 2.75) is 19.5 Å². The summed E-state index contributed by atoms with van der Waals surface area (Å²) in [5, 5.41) is 2.24. The minimum atomic E-state index is -4.44. The maximum Gasteiger partial charge on any atom is 0.394 e. The summed E-state index contributed by atoms with van der Waals surface area (Å²) in [6.07, 6.45) is -4.33. The molecule has 0 saturated carbocycles. The monoisotopic (exact) mass is 386 g/mol. The first-order valence-electron chi connectivity index (χ1n) is 6.42. The Morgan fingerprint density at radius 3 is 2.86 bits per heavy atom. The van der Waals surface area contributed by atoms with Crippen LogP contribution in [0.1, 0.15) is 13.3 Å². The lowest BCUT2D eigenvalue weighted by molar-refractivity contribution is -0.199. The van der Waals surface area contributed by atoms with Gasteiger partial charge >= 0.3 is 12.1 Å². The van der Waals surface area contributed by atoms with Crippen molar-refractivity contribution in [2.24, 2.45) is 11.8 Å². The summed E-state index contributed by atoms with van der Waals surface area (Å²) in [4.78, 5) is 17.4. The zero-order chi connectivity index (χ0) is 15.6. The van der Waals surface area contributed by atoms with Crippen LogP contribution in [0.25, 0.3) is 0 Å². The summed E-state index contributed by atoms with van der Waals surface area (Å²) in [7, 11) is 0. The molecule has 0 amide bonds. The highest BCUT2D eigenvalue weighted by Crippen LogP contribution is 2.40. The molecule has 118 valence electrons. The van der Waals surface area contributed by atoms with Crippen LogP contribution >= 0.6 is 27.3 Å². The molecule has 21 heavy (non-hydrogen) atoms. The van der Waals surface area contributed by atoms with Crippen LogP contribution < -0.4 is 4.90 Å². The molecule has 0 bridgehead atoms. The third-order valence-corrected chi connectivity index (χ3v) is 4.97. The molecule has 4 nitrogen and oxygen atoms in total. The zero-order valence-electron chi connectivity index (χ0n) is 11.2. The van der Waals surface area contributed by atoms with Gasteiger partial charge in [-0.3, -0.25) is 4.79 Å². The summed E-state index contributed by atoms with van der Waals surface area (Å²) >= 11 is 4.46. The summed E-state index contributed by atoms with van der Waals surface area (Å²) in [5.41, 5.74) is 0. The maximum absolute atomic E-state index is 13.2. The topological polar surface area (TPSA) is 42.4 Å². The fourth-order valence-corrected chi connectivity index (χ4v) is 3.67. The van der Waals surface area contributed by atoms with Crippen LogP contribution in [0.15, 0.2) is 9.98 Å². The van der Waals surface area contributed by atoms with Gasteiger partial charge in [-0.05, 0) is 29.3 Å². The fourth-order valence-electron chi connectivity index (χ4n) is 2.38. The second-order valence-electron chi connectivity index (χ2n) is 4.69. The van der Waals surface area contributed by atoms with Gasteiger partial charge in [0, 0.05) is 18.5 Å². The standard InChI is InChI=1S/C12H14BrF3N2O2S/c1-2-20-10(19)7-3-4-18(5-8(7)12(14,15)16)11-17-9(13)6-21-11/h6-8H,2-5H2,1H3/t7-,8+/m0/s1. The Morgan fingerprint density at radius 1 is 1.62 bits per heavy atom. The third kappa shape index (κ3) is 3.88. The number of ether oxygens (including phenoxy) is 1. The van der Waals surface area contributed by atoms with Gasteiger partial charge in [0.15, 0.2) is 5.13 Å². The highest BCUT2D eigenvalue weighted by molar-refractivity contribution is 9.10. The number of rotatable bonds is 3. The van der Waals surface area contributed by atoms with Gasteiger partial charge in [0.2, 0.25) is 0 Å². The number of aromatic nitrogens is 1. The van der Waals surface area contributed by atoms with E-state index in [1.807, 2.05) is 0 Å². The van der Waals surface area contributed by atoms with Crippen molar-refractivity contribution in [2.75, 3.05) is 24.6 Å². The fraction of sp³-hybridized carbons (Fsp3) is 0.667. The Morgan fingerprint density at radius 2 is 2.33 bits per heavy atom. The number of anilines is 1. The van der Waals surface area contributed by atoms with Crippen molar-refractivity contribution >= 4 is 38.4 Å². The van der Waals surface area contributed by atoms with Crippen LogP contribution in [-0.2, 0) is 9.53 Å². The van der Waals surface area contributed by atoms with E-state index in [-0.39, 0.29) is 19.6 Å². The summed E-state index contributed by atoms with van der Waals surface area (Å²) in [6.45, 7) is 1.76. The molecule has 1 aromatic rings. The van der Waals surface area contributed by atoms with Crippen LogP contribution in [0.4, 0.5) is 18.3 Å². The van der Waals surface area contributed by atoms with Gasteiger partial charge in [0.1, 0.15) is 4.60 Å². The third-order valence-electron chi connectivity index (χ3n) is 3.36. The number of esters is 1. The zero-order valence-corrected chi connectivity index (χ0v) is 13.6. The number of nitrogens with zero attached hydrogens (tertiary/aromatic N) is 2. The number of hydrogen-bond acceptors (Lipinski definition) is 5. The van der Waals surface area contributed by atoms with Gasteiger partial charge in [-0.25, -0.2) is 4.98 Å². The lowest BCUT2D eigenvalue weighted by Crippen LogP contribution is -2.49. The van der Waals surface area contributed by atoms with Crippen LogP contribution in [0.5, 0.6) is 0 Å². The van der Waals surface area contributed by atoms with E-state index in [2.05, 4.69) is 20.9 Å². The Labute approximate surface area is 132 Å². The first-order valence-corrected chi connectivity index (χ1v) is 8.09. The van der Waals surface area contributed by atoms with Gasteiger partial charge in [0.05, 0.1) is 18.4 Å².